The Morgan fingerprint density at radius 1 is 1.05 bits per heavy atom. The molecule has 0 saturated carbocycles. The van der Waals surface area contributed by atoms with Gasteiger partial charge in [-0.05, 0) is 29.7 Å². The van der Waals surface area contributed by atoms with Crippen molar-refractivity contribution in [3.8, 4) is 0 Å². The molecule has 1 atom stereocenters. The van der Waals surface area contributed by atoms with E-state index >= 15 is 0 Å². The van der Waals surface area contributed by atoms with Gasteiger partial charge in [0.2, 0.25) is 15.9 Å². The quantitative estimate of drug-likeness (QED) is 0.196. The summed E-state index contributed by atoms with van der Waals surface area (Å²) in [6.07, 6.45) is 5.91. The normalized spacial score (nSPS) is 15.7. The maximum Gasteiger partial charge on any atom is 0.339 e. The van der Waals surface area contributed by atoms with Crippen LogP contribution in [0.25, 0.3) is 11.0 Å². The van der Waals surface area contributed by atoms with Gasteiger partial charge in [-0.25, -0.2) is 23.2 Å². The lowest BCUT2D eigenvalue weighted by Crippen LogP contribution is -2.60. The van der Waals surface area contributed by atoms with Crippen LogP contribution >= 0.6 is 0 Å². The van der Waals surface area contributed by atoms with Gasteiger partial charge in [0.15, 0.2) is 0 Å². The number of nitrogens with one attached hydrogen (secondary N) is 1. The molecule has 1 aliphatic rings. The van der Waals surface area contributed by atoms with Crippen molar-refractivity contribution in [3.05, 3.63) is 93.9 Å². The van der Waals surface area contributed by atoms with E-state index in [4.69, 9.17) is 0 Å². The summed E-state index contributed by atoms with van der Waals surface area (Å²) in [5, 5.41) is 23.5. The molecule has 3 heterocycles. The summed E-state index contributed by atoms with van der Waals surface area (Å²) in [5.41, 5.74) is 1.98. The monoisotopic (exact) mass is 619 g/mol. The molecule has 1 amide bonds. The van der Waals surface area contributed by atoms with E-state index < -0.39 is 32.9 Å². The standard InChI is InChI=1S/C29H29N7O7S/c1-2-3-19-4-6-20(7-5-19)14-32-28(37)25-18-34(26-17-31-24-16-30-15-23(29(38)39)27(24)33-26)12-13-35(25)44(42,43)22-10-8-21(9-11-22)36(40)41/h4-11,15-17,25H,2-3,12-14,18H2,1H3,(H,32,37)(H,38,39). The summed E-state index contributed by atoms with van der Waals surface area (Å²) in [7, 11) is -4.25. The van der Waals surface area contributed by atoms with E-state index in [-0.39, 0.29) is 59.2 Å². The van der Waals surface area contributed by atoms with E-state index in [1.165, 1.54) is 24.2 Å². The summed E-state index contributed by atoms with van der Waals surface area (Å²) in [6.45, 7) is 2.14. The minimum Gasteiger partial charge on any atom is -0.478 e. The summed E-state index contributed by atoms with van der Waals surface area (Å²) >= 11 is 0. The van der Waals surface area contributed by atoms with Crippen molar-refractivity contribution >= 4 is 44.4 Å². The Bertz CT molecular complexity index is 1820. The number of aromatic nitrogens is 3. The first-order valence-electron chi connectivity index (χ1n) is 13.8. The molecule has 1 unspecified atom stereocenters. The van der Waals surface area contributed by atoms with Gasteiger partial charge in [-0.2, -0.15) is 4.31 Å². The summed E-state index contributed by atoms with van der Waals surface area (Å²) in [4.78, 5) is 50.0. The van der Waals surface area contributed by atoms with E-state index in [1.54, 1.807) is 4.90 Å². The molecule has 14 nitrogen and oxygen atoms in total. The fourth-order valence-corrected chi connectivity index (χ4v) is 6.57. The van der Waals surface area contributed by atoms with Crippen LogP contribution in [-0.2, 0) is 27.8 Å². The highest BCUT2D eigenvalue weighted by Gasteiger charge is 2.40. The van der Waals surface area contributed by atoms with Crippen molar-refractivity contribution in [2.45, 2.75) is 37.2 Å². The summed E-state index contributed by atoms with van der Waals surface area (Å²) < 4.78 is 28.6. The number of non-ortho nitro benzene ring substituents is 1. The zero-order chi connectivity index (χ0) is 31.4. The molecule has 2 aromatic heterocycles. The molecule has 15 heteroatoms. The molecule has 0 radical (unpaired) electrons. The lowest BCUT2D eigenvalue weighted by molar-refractivity contribution is -0.384. The molecular weight excluding hydrogens is 590 g/mol. The Labute approximate surface area is 252 Å². The van der Waals surface area contributed by atoms with Crippen LogP contribution in [0.4, 0.5) is 11.5 Å². The Hall–Kier alpha value is -5.02. The largest absolute Gasteiger partial charge is 0.478 e. The average molecular weight is 620 g/mol. The molecule has 2 aromatic carbocycles. The van der Waals surface area contributed by atoms with Crippen molar-refractivity contribution in [2.24, 2.45) is 0 Å². The third kappa shape index (κ3) is 6.33. The van der Waals surface area contributed by atoms with Crippen molar-refractivity contribution in [1.29, 1.82) is 0 Å². The van der Waals surface area contributed by atoms with Crippen LogP contribution in [0.15, 0.2) is 72.0 Å². The number of carbonyl (C=O) groups excluding carboxylic acids is 1. The summed E-state index contributed by atoms with van der Waals surface area (Å²) in [6, 6.07) is 11.0. The van der Waals surface area contributed by atoms with Crippen molar-refractivity contribution < 1.29 is 28.0 Å². The number of piperazine rings is 1. The van der Waals surface area contributed by atoms with Crippen LogP contribution < -0.4 is 10.2 Å². The van der Waals surface area contributed by atoms with Crippen LogP contribution in [-0.4, -0.2) is 75.3 Å². The van der Waals surface area contributed by atoms with Gasteiger partial charge in [0.25, 0.3) is 5.69 Å². The topological polar surface area (TPSA) is 189 Å². The lowest BCUT2D eigenvalue weighted by atomic mass is 10.1. The van der Waals surface area contributed by atoms with E-state index in [9.17, 15) is 33.2 Å². The Morgan fingerprint density at radius 2 is 1.75 bits per heavy atom. The maximum absolute atomic E-state index is 13.8. The number of sulfonamides is 1. The highest BCUT2D eigenvalue weighted by atomic mass is 32.2. The number of fused-ring (bicyclic) bond motifs is 1. The molecule has 0 bridgehead atoms. The van der Waals surface area contributed by atoms with Gasteiger partial charge in [0.05, 0.1) is 22.2 Å². The number of carbonyl (C=O) groups is 2. The summed E-state index contributed by atoms with van der Waals surface area (Å²) in [5.74, 6) is -1.52. The molecule has 1 saturated heterocycles. The smallest absolute Gasteiger partial charge is 0.339 e. The fourth-order valence-electron chi connectivity index (χ4n) is 5.00. The van der Waals surface area contributed by atoms with Gasteiger partial charge in [0.1, 0.15) is 28.5 Å². The zero-order valence-electron chi connectivity index (χ0n) is 23.7. The first-order valence-corrected chi connectivity index (χ1v) is 15.2. The lowest BCUT2D eigenvalue weighted by Gasteiger charge is -2.40. The van der Waals surface area contributed by atoms with E-state index in [1.807, 2.05) is 24.3 Å². The Balaban J connectivity index is 1.44. The van der Waals surface area contributed by atoms with E-state index in [2.05, 4.69) is 27.2 Å². The number of amides is 1. The van der Waals surface area contributed by atoms with Crippen LogP contribution in [0.5, 0.6) is 0 Å². The molecule has 2 N–H and O–H groups in total. The number of hydrogen-bond donors (Lipinski definition) is 2. The zero-order valence-corrected chi connectivity index (χ0v) is 24.5. The van der Waals surface area contributed by atoms with Crippen LogP contribution in [0.3, 0.4) is 0 Å². The van der Waals surface area contributed by atoms with Crippen LogP contribution in [0.1, 0.15) is 34.8 Å². The minimum absolute atomic E-state index is 0.110. The molecule has 5 rings (SSSR count). The molecule has 0 spiro atoms. The number of aryl methyl sites for hydroxylation is 1. The van der Waals surface area contributed by atoms with Crippen molar-refractivity contribution in [2.75, 3.05) is 24.5 Å². The van der Waals surface area contributed by atoms with Crippen molar-refractivity contribution in [1.82, 2.24) is 24.6 Å². The second-order valence-corrected chi connectivity index (χ2v) is 12.1. The predicted molar refractivity (Wildman–Crippen MR) is 160 cm³/mol. The number of hydrogen-bond acceptors (Lipinski definition) is 10. The number of nitro benzene ring substituents is 1. The number of carboxylic acid groups (broad SMARTS) is 1. The number of benzene rings is 2. The number of nitro groups is 1. The number of rotatable bonds is 10. The highest BCUT2D eigenvalue weighted by Crippen LogP contribution is 2.27. The third-order valence-electron chi connectivity index (χ3n) is 7.31. The third-order valence-corrected chi connectivity index (χ3v) is 9.24. The maximum atomic E-state index is 13.8. The molecule has 0 aliphatic carbocycles. The highest BCUT2D eigenvalue weighted by molar-refractivity contribution is 7.89. The number of nitrogens with zero attached hydrogens (tertiary/aromatic N) is 6. The van der Waals surface area contributed by atoms with Crippen molar-refractivity contribution in [3.63, 3.8) is 0 Å². The number of carboxylic acids is 1. The van der Waals surface area contributed by atoms with Gasteiger partial charge in [-0.15, -0.1) is 0 Å². The van der Waals surface area contributed by atoms with E-state index in [0.717, 1.165) is 47.0 Å². The molecule has 228 valence electrons. The van der Waals surface area contributed by atoms with Crippen LogP contribution in [0, 0.1) is 10.1 Å². The Morgan fingerprint density at radius 3 is 2.41 bits per heavy atom. The number of aromatic carboxylic acids is 1. The Kier molecular flexibility index (Phi) is 8.78. The molecule has 1 aliphatic heterocycles. The number of pyridine rings is 1. The molecule has 44 heavy (non-hydrogen) atoms. The fraction of sp³-hybridized carbons (Fsp3) is 0.276. The van der Waals surface area contributed by atoms with Crippen LogP contribution in [0.2, 0.25) is 0 Å². The second-order valence-electron chi connectivity index (χ2n) is 10.2. The predicted octanol–water partition coefficient (Wildman–Crippen LogP) is 2.78. The first kappa shape index (κ1) is 30.4. The first-order chi connectivity index (χ1) is 21.1. The average Bonchev–Trinajstić information content (AvgIpc) is 3.03. The number of anilines is 1. The molecule has 1 fully saturated rings. The van der Waals surface area contributed by atoms with Gasteiger partial charge >= 0.3 is 5.97 Å². The minimum atomic E-state index is -4.25. The van der Waals surface area contributed by atoms with Gasteiger partial charge in [-0.1, -0.05) is 37.6 Å². The molecular formula is C29H29N7O7S. The molecule has 4 aromatic rings. The van der Waals surface area contributed by atoms with E-state index in [0.29, 0.717) is 0 Å². The van der Waals surface area contributed by atoms with Gasteiger partial charge < -0.3 is 15.3 Å². The van der Waals surface area contributed by atoms with Gasteiger partial charge in [0, 0.05) is 44.5 Å². The van der Waals surface area contributed by atoms with Gasteiger partial charge in [-0.3, -0.25) is 19.9 Å². The second kappa shape index (κ2) is 12.7. The SMILES string of the molecule is CCCc1ccc(CNC(=O)C2CN(c3cnc4cncc(C(=O)O)c4n3)CCN2S(=O)(=O)c2ccc([N+](=O)[O-])cc2)cc1.